The van der Waals surface area contributed by atoms with Gasteiger partial charge in [-0.05, 0) is 26.0 Å². The summed E-state index contributed by atoms with van der Waals surface area (Å²) >= 11 is 1.33. The fourth-order valence-corrected chi connectivity index (χ4v) is 2.11. The van der Waals surface area contributed by atoms with E-state index >= 15 is 0 Å². The number of amides is 2. The fourth-order valence-electron chi connectivity index (χ4n) is 1.30. The van der Waals surface area contributed by atoms with Crippen LogP contribution < -0.4 is 10.6 Å². The minimum absolute atomic E-state index is 0.418. The predicted octanol–water partition coefficient (Wildman–Crippen LogP) is 1.73. The summed E-state index contributed by atoms with van der Waals surface area (Å²) in [5.74, 6) is -1.50. The van der Waals surface area contributed by atoms with Crippen LogP contribution in [0.3, 0.4) is 0 Å². The minimum Gasteiger partial charge on any atom is -0.316 e. The first kappa shape index (κ1) is 13.2. The number of pyridine rings is 1. The Hall–Kier alpha value is -2.28. The standard InChI is InChI=1S/C12H12N4O2S/c1-7-8(2)19-12(14-7)16-11(18)10(17)15-9-4-3-5-13-6-9/h3-6H,1-2H3,(H,15,17)(H,14,16,18). The van der Waals surface area contributed by atoms with Crippen molar-refractivity contribution in [3.8, 4) is 0 Å². The first-order valence-electron chi connectivity index (χ1n) is 5.52. The number of thiazole rings is 1. The van der Waals surface area contributed by atoms with Crippen molar-refractivity contribution in [1.29, 1.82) is 0 Å². The van der Waals surface area contributed by atoms with Gasteiger partial charge in [0, 0.05) is 11.1 Å². The summed E-state index contributed by atoms with van der Waals surface area (Å²) < 4.78 is 0. The molecule has 0 atom stereocenters. The van der Waals surface area contributed by atoms with E-state index in [-0.39, 0.29) is 0 Å². The maximum atomic E-state index is 11.7. The molecule has 2 N–H and O–H groups in total. The summed E-state index contributed by atoms with van der Waals surface area (Å²) in [6.07, 6.45) is 3.04. The number of nitrogens with zero attached hydrogens (tertiary/aromatic N) is 2. The number of rotatable bonds is 2. The van der Waals surface area contributed by atoms with Gasteiger partial charge in [0.15, 0.2) is 5.13 Å². The van der Waals surface area contributed by atoms with Crippen LogP contribution in [0.15, 0.2) is 24.5 Å². The van der Waals surface area contributed by atoms with Gasteiger partial charge in [-0.25, -0.2) is 4.98 Å². The number of carbonyl (C=O) groups is 2. The molecule has 0 aliphatic rings. The van der Waals surface area contributed by atoms with Crippen molar-refractivity contribution < 1.29 is 9.59 Å². The molecule has 0 aromatic carbocycles. The Morgan fingerprint density at radius 1 is 1.21 bits per heavy atom. The van der Waals surface area contributed by atoms with Crippen LogP contribution in [0.25, 0.3) is 0 Å². The zero-order valence-electron chi connectivity index (χ0n) is 10.4. The van der Waals surface area contributed by atoms with E-state index in [1.807, 2.05) is 13.8 Å². The minimum atomic E-state index is -0.752. The molecule has 98 valence electrons. The molecule has 0 radical (unpaired) electrons. The molecule has 2 amide bonds. The van der Waals surface area contributed by atoms with Crippen molar-refractivity contribution in [1.82, 2.24) is 9.97 Å². The summed E-state index contributed by atoms with van der Waals surface area (Å²) in [5.41, 5.74) is 1.31. The highest BCUT2D eigenvalue weighted by Gasteiger charge is 2.16. The monoisotopic (exact) mass is 276 g/mol. The Morgan fingerprint density at radius 2 is 1.95 bits per heavy atom. The summed E-state index contributed by atoms with van der Waals surface area (Å²) in [4.78, 5) is 32.3. The van der Waals surface area contributed by atoms with Crippen molar-refractivity contribution in [2.45, 2.75) is 13.8 Å². The molecule has 19 heavy (non-hydrogen) atoms. The van der Waals surface area contributed by atoms with Gasteiger partial charge >= 0.3 is 11.8 Å². The van der Waals surface area contributed by atoms with Crippen molar-refractivity contribution in [2.75, 3.05) is 10.6 Å². The molecule has 0 saturated carbocycles. The van der Waals surface area contributed by atoms with Gasteiger partial charge in [-0.3, -0.25) is 19.9 Å². The van der Waals surface area contributed by atoms with E-state index in [4.69, 9.17) is 0 Å². The highest BCUT2D eigenvalue weighted by molar-refractivity contribution is 7.15. The van der Waals surface area contributed by atoms with Crippen molar-refractivity contribution >= 4 is 34.0 Å². The third-order valence-corrected chi connectivity index (χ3v) is 3.36. The van der Waals surface area contributed by atoms with Crippen LogP contribution in [0.5, 0.6) is 0 Å². The quantitative estimate of drug-likeness (QED) is 0.818. The molecule has 2 rings (SSSR count). The molecule has 2 aromatic heterocycles. The molecule has 0 unspecified atom stereocenters. The molecule has 2 heterocycles. The van der Waals surface area contributed by atoms with Gasteiger partial charge in [0.1, 0.15) is 0 Å². The Balaban J connectivity index is 1.98. The number of hydrogen-bond donors (Lipinski definition) is 2. The lowest BCUT2D eigenvalue weighted by molar-refractivity contribution is -0.133. The van der Waals surface area contributed by atoms with E-state index in [0.29, 0.717) is 10.8 Å². The zero-order valence-corrected chi connectivity index (χ0v) is 11.2. The van der Waals surface area contributed by atoms with E-state index in [2.05, 4.69) is 20.6 Å². The molecular weight excluding hydrogens is 264 g/mol. The molecule has 2 aromatic rings. The first-order chi connectivity index (χ1) is 9.06. The summed E-state index contributed by atoms with van der Waals surface area (Å²) in [6.45, 7) is 3.75. The van der Waals surface area contributed by atoms with E-state index in [9.17, 15) is 9.59 Å². The fraction of sp³-hybridized carbons (Fsp3) is 0.167. The second kappa shape index (κ2) is 5.57. The van der Waals surface area contributed by atoms with E-state index in [1.54, 1.807) is 18.3 Å². The summed E-state index contributed by atoms with van der Waals surface area (Å²) in [6, 6.07) is 3.32. The number of aryl methyl sites for hydroxylation is 2. The predicted molar refractivity (Wildman–Crippen MR) is 73.1 cm³/mol. The van der Waals surface area contributed by atoms with Crippen molar-refractivity contribution in [2.24, 2.45) is 0 Å². The average Bonchev–Trinajstić information content (AvgIpc) is 2.69. The lowest BCUT2D eigenvalue weighted by Crippen LogP contribution is -2.29. The molecule has 0 fully saturated rings. The number of hydrogen-bond acceptors (Lipinski definition) is 5. The Kier molecular flexibility index (Phi) is 3.86. The van der Waals surface area contributed by atoms with Crippen molar-refractivity contribution in [3.63, 3.8) is 0 Å². The number of carbonyl (C=O) groups excluding carboxylic acids is 2. The number of anilines is 2. The van der Waals surface area contributed by atoms with Gasteiger partial charge in [0.05, 0.1) is 17.6 Å². The van der Waals surface area contributed by atoms with Gasteiger partial charge in [0.2, 0.25) is 0 Å². The van der Waals surface area contributed by atoms with E-state index in [1.165, 1.54) is 17.5 Å². The van der Waals surface area contributed by atoms with Crippen LogP contribution in [0.4, 0.5) is 10.8 Å². The third-order valence-electron chi connectivity index (χ3n) is 2.37. The molecule has 0 aliphatic carbocycles. The molecule has 0 aliphatic heterocycles. The summed E-state index contributed by atoms with van der Waals surface area (Å²) in [7, 11) is 0. The molecule has 7 heteroatoms. The highest BCUT2D eigenvalue weighted by Crippen LogP contribution is 2.20. The molecule has 0 saturated heterocycles. The second-order valence-electron chi connectivity index (χ2n) is 3.81. The maximum absolute atomic E-state index is 11.7. The molecular formula is C12H12N4O2S. The third kappa shape index (κ3) is 3.35. The average molecular weight is 276 g/mol. The van der Waals surface area contributed by atoms with E-state index in [0.717, 1.165) is 10.6 Å². The van der Waals surface area contributed by atoms with Gasteiger partial charge in [-0.1, -0.05) is 0 Å². The van der Waals surface area contributed by atoms with Crippen LogP contribution in [-0.4, -0.2) is 21.8 Å². The second-order valence-corrected chi connectivity index (χ2v) is 5.01. The van der Waals surface area contributed by atoms with E-state index < -0.39 is 11.8 Å². The van der Waals surface area contributed by atoms with Gasteiger partial charge in [0.25, 0.3) is 0 Å². The van der Waals surface area contributed by atoms with Gasteiger partial charge < -0.3 is 5.32 Å². The number of nitrogens with one attached hydrogen (secondary N) is 2. The van der Waals surface area contributed by atoms with Crippen LogP contribution >= 0.6 is 11.3 Å². The van der Waals surface area contributed by atoms with Gasteiger partial charge in [-0.2, -0.15) is 0 Å². The Bertz CT molecular complexity index is 590. The van der Waals surface area contributed by atoms with Crippen LogP contribution in [-0.2, 0) is 9.59 Å². The van der Waals surface area contributed by atoms with Crippen LogP contribution in [0.1, 0.15) is 10.6 Å². The summed E-state index contributed by atoms with van der Waals surface area (Å²) in [5, 5.41) is 5.32. The SMILES string of the molecule is Cc1nc(NC(=O)C(=O)Nc2cccnc2)sc1C. The number of aromatic nitrogens is 2. The smallest absolute Gasteiger partial charge is 0.315 e. The van der Waals surface area contributed by atoms with Crippen LogP contribution in [0.2, 0.25) is 0 Å². The zero-order chi connectivity index (χ0) is 13.8. The molecule has 0 bridgehead atoms. The Morgan fingerprint density at radius 3 is 2.53 bits per heavy atom. The molecule has 6 nitrogen and oxygen atoms in total. The normalized spacial score (nSPS) is 10.0. The lowest BCUT2D eigenvalue weighted by Gasteiger charge is -2.03. The highest BCUT2D eigenvalue weighted by atomic mass is 32.1. The maximum Gasteiger partial charge on any atom is 0.315 e. The van der Waals surface area contributed by atoms with Crippen molar-refractivity contribution in [3.05, 3.63) is 35.1 Å². The van der Waals surface area contributed by atoms with Gasteiger partial charge in [-0.15, -0.1) is 11.3 Å². The largest absolute Gasteiger partial charge is 0.316 e. The molecule has 0 spiro atoms. The topological polar surface area (TPSA) is 84.0 Å². The Labute approximate surface area is 113 Å². The van der Waals surface area contributed by atoms with Crippen LogP contribution in [0, 0.1) is 13.8 Å². The first-order valence-corrected chi connectivity index (χ1v) is 6.34. The lowest BCUT2D eigenvalue weighted by atomic mass is 10.4.